The van der Waals surface area contributed by atoms with Crippen molar-refractivity contribution in [1.29, 1.82) is 0 Å². The molecule has 0 aliphatic rings. The summed E-state index contributed by atoms with van der Waals surface area (Å²) in [6, 6.07) is 9.84. The maximum absolute atomic E-state index is 13.2. The number of nitrogens with zero attached hydrogens (tertiary/aromatic N) is 3. The van der Waals surface area contributed by atoms with Crippen LogP contribution in [0.4, 0.5) is 5.82 Å². The maximum Gasteiger partial charge on any atom is 0.273 e. The van der Waals surface area contributed by atoms with Gasteiger partial charge in [0.15, 0.2) is 17.3 Å². The Bertz CT molecular complexity index is 1010. The molecule has 1 aromatic heterocycles. The number of nitrogens with two attached hydrogens (primary N) is 2. The quantitative estimate of drug-likeness (QED) is 0.609. The molecule has 0 spiro atoms. The fourth-order valence-electron chi connectivity index (χ4n) is 2.58. The first-order valence-electron chi connectivity index (χ1n) is 7.54. The summed E-state index contributed by atoms with van der Waals surface area (Å²) in [5.74, 6) is -1.39. The van der Waals surface area contributed by atoms with Crippen LogP contribution in [0.1, 0.15) is 32.5 Å². The maximum atomic E-state index is 13.2. The Hall–Kier alpha value is -2.61. The van der Waals surface area contributed by atoms with E-state index in [0.29, 0.717) is 26.2 Å². The van der Waals surface area contributed by atoms with Crippen LogP contribution >= 0.6 is 34.8 Å². The van der Waals surface area contributed by atoms with Gasteiger partial charge in [-0.15, -0.1) is 5.10 Å². The number of hydrogen-bond donors (Lipinski definition) is 2. The monoisotopic (exact) mass is 423 g/mol. The molecule has 2 aromatic carbocycles. The van der Waals surface area contributed by atoms with Crippen LogP contribution in [0.5, 0.6) is 0 Å². The zero-order chi connectivity index (χ0) is 19.7. The number of hydrogen-bond acceptors (Lipinski definition) is 5. The van der Waals surface area contributed by atoms with Gasteiger partial charge in [0.1, 0.15) is 6.04 Å². The van der Waals surface area contributed by atoms with Crippen molar-refractivity contribution >= 4 is 52.3 Å². The molecule has 0 aliphatic heterocycles. The topological polar surface area (TPSA) is 117 Å². The van der Waals surface area contributed by atoms with Crippen LogP contribution in [0.25, 0.3) is 0 Å². The van der Waals surface area contributed by atoms with Crippen molar-refractivity contribution < 1.29 is 9.59 Å². The van der Waals surface area contributed by atoms with Crippen LogP contribution in [-0.2, 0) is 0 Å². The van der Waals surface area contributed by atoms with Crippen LogP contribution in [0.2, 0.25) is 15.1 Å². The zero-order valence-corrected chi connectivity index (χ0v) is 15.8. The summed E-state index contributed by atoms with van der Waals surface area (Å²) >= 11 is 18.1. The van der Waals surface area contributed by atoms with E-state index in [2.05, 4.69) is 10.3 Å². The average Bonchev–Trinajstić information content (AvgIpc) is 2.96. The smallest absolute Gasteiger partial charge is 0.273 e. The molecule has 0 saturated heterocycles. The predicted molar refractivity (Wildman–Crippen MR) is 103 cm³/mol. The number of amides is 1. The molecule has 1 unspecified atom stereocenters. The number of rotatable bonds is 5. The third kappa shape index (κ3) is 3.90. The van der Waals surface area contributed by atoms with Gasteiger partial charge in [0.25, 0.3) is 5.91 Å². The summed E-state index contributed by atoms with van der Waals surface area (Å²) in [4.78, 5) is 24.7. The van der Waals surface area contributed by atoms with E-state index in [-0.39, 0.29) is 17.3 Å². The molecule has 0 radical (unpaired) electrons. The van der Waals surface area contributed by atoms with Gasteiger partial charge in [-0.25, -0.2) is 4.68 Å². The fraction of sp³-hybridized carbons (Fsp3) is 0.0588. The van der Waals surface area contributed by atoms with Gasteiger partial charge in [-0.1, -0.05) is 40.0 Å². The summed E-state index contributed by atoms with van der Waals surface area (Å²) in [7, 11) is 0. The lowest BCUT2D eigenvalue weighted by Crippen LogP contribution is -2.24. The lowest BCUT2D eigenvalue weighted by molar-refractivity contribution is 0.0938. The molecule has 3 rings (SSSR count). The van der Waals surface area contributed by atoms with E-state index in [0.717, 1.165) is 4.68 Å². The van der Waals surface area contributed by atoms with Gasteiger partial charge < -0.3 is 11.5 Å². The van der Waals surface area contributed by atoms with Crippen LogP contribution in [0.3, 0.4) is 0 Å². The minimum atomic E-state index is -1.07. The largest absolute Gasteiger partial charge is 0.382 e. The first-order chi connectivity index (χ1) is 12.8. The van der Waals surface area contributed by atoms with Crippen LogP contribution in [-0.4, -0.2) is 26.7 Å². The van der Waals surface area contributed by atoms with E-state index in [4.69, 9.17) is 46.3 Å². The Morgan fingerprint density at radius 1 is 0.963 bits per heavy atom. The highest BCUT2D eigenvalue weighted by Gasteiger charge is 2.29. The van der Waals surface area contributed by atoms with Gasteiger partial charge in [0, 0.05) is 20.6 Å². The summed E-state index contributed by atoms with van der Waals surface area (Å²) in [5, 5.41) is 8.63. The molecule has 27 heavy (non-hydrogen) atoms. The van der Waals surface area contributed by atoms with Gasteiger partial charge in [0.2, 0.25) is 0 Å². The van der Waals surface area contributed by atoms with Crippen molar-refractivity contribution in [1.82, 2.24) is 15.0 Å². The summed E-state index contributed by atoms with van der Waals surface area (Å²) in [6.07, 6.45) is 0. The number of ketones is 1. The highest BCUT2D eigenvalue weighted by Crippen LogP contribution is 2.30. The second kappa shape index (κ2) is 7.56. The summed E-state index contributed by atoms with van der Waals surface area (Å²) in [5.41, 5.74) is 11.7. The standard InChI is InChI=1S/C17H12Cl3N5O2/c18-10-3-1-8(2-4-10)15(26)14(9-5-11(19)7-12(20)6-9)25-16(21)13(17(22)27)23-24-25/h1-7,14H,21H2,(H2,22,27). The first-order valence-corrected chi connectivity index (χ1v) is 8.67. The second-order valence-corrected chi connectivity index (χ2v) is 6.92. The molecule has 7 nitrogen and oxygen atoms in total. The van der Waals surface area contributed by atoms with E-state index >= 15 is 0 Å². The molecular formula is C17H12Cl3N5O2. The van der Waals surface area contributed by atoms with Crippen molar-refractivity contribution in [3.05, 3.63) is 74.4 Å². The van der Waals surface area contributed by atoms with Crippen LogP contribution < -0.4 is 11.5 Å². The van der Waals surface area contributed by atoms with Gasteiger partial charge in [0.05, 0.1) is 0 Å². The molecule has 1 heterocycles. The molecule has 1 amide bonds. The van der Waals surface area contributed by atoms with E-state index in [9.17, 15) is 9.59 Å². The number of benzene rings is 2. The summed E-state index contributed by atoms with van der Waals surface area (Å²) < 4.78 is 1.11. The molecule has 0 aliphatic carbocycles. The number of nitrogen functional groups attached to an aromatic ring is 1. The van der Waals surface area contributed by atoms with Crippen molar-refractivity contribution in [2.75, 3.05) is 5.73 Å². The van der Waals surface area contributed by atoms with Crippen LogP contribution in [0.15, 0.2) is 42.5 Å². The molecular weight excluding hydrogens is 413 g/mol. The van der Waals surface area contributed by atoms with Crippen molar-refractivity contribution in [2.24, 2.45) is 5.73 Å². The van der Waals surface area contributed by atoms with E-state index < -0.39 is 11.9 Å². The average molecular weight is 425 g/mol. The number of aromatic nitrogens is 3. The number of halogens is 3. The minimum absolute atomic E-state index is 0.147. The number of primary amides is 1. The van der Waals surface area contributed by atoms with E-state index in [1.807, 2.05) is 0 Å². The molecule has 0 fully saturated rings. The van der Waals surface area contributed by atoms with Crippen molar-refractivity contribution in [2.45, 2.75) is 6.04 Å². The molecule has 138 valence electrons. The Labute approximate surface area is 168 Å². The van der Waals surface area contributed by atoms with Gasteiger partial charge >= 0.3 is 0 Å². The molecule has 10 heteroatoms. The predicted octanol–water partition coefficient (Wildman–Crippen LogP) is 3.39. The van der Waals surface area contributed by atoms with Gasteiger partial charge in [-0.05, 0) is 48.0 Å². The molecule has 0 saturated carbocycles. The van der Waals surface area contributed by atoms with Crippen molar-refractivity contribution in [3.8, 4) is 0 Å². The van der Waals surface area contributed by atoms with Crippen LogP contribution in [0, 0.1) is 0 Å². The molecule has 0 bridgehead atoms. The Balaban J connectivity index is 2.19. The first kappa shape index (κ1) is 19.2. The third-order valence-electron chi connectivity index (χ3n) is 3.79. The lowest BCUT2D eigenvalue weighted by Gasteiger charge is -2.18. The number of carbonyl (C=O) groups excluding carboxylic acids is 2. The Kier molecular flexibility index (Phi) is 5.36. The molecule has 1 atom stereocenters. The summed E-state index contributed by atoms with van der Waals surface area (Å²) in [6.45, 7) is 0. The van der Waals surface area contributed by atoms with Gasteiger partial charge in [-0.2, -0.15) is 0 Å². The number of Topliss-reactive ketones (excluding diaryl/α,β-unsaturated/α-hetero) is 1. The SMILES string of the molecule is NC(=O)c1nnn(C(C(=O)c2ccc(Cl)cc2)c2cc(Cl)cc(Cl)c2)c1N. The zero-order valence-electron chi connectivity index (χ0n) is 13.6. The third-order valence-corrected chi connectivity index (χ3v) is 4.47. The van der Waals surface area contributed by atoms with Gasteiger partial charge in [-0.3, -0.25) is 9.59 Å². The Morgan fingerprint density at radius 2 is 1.56 bits per heavy atom. The lowest BCUT2D eigenvalue weighted by atomic mass is 9.97. The number of anilines is 1. The fourth-order valence-corrected chi connectivity index (χ4v) is 3.24. The highest BCUT2D eigenvalue weighted by molar-refractivity contribution is 6.34. The number of carbonyl (C=O) groups is 2. The molecule has 3 aromatic rings. The second-order valence-electron chi connectivity index (χ2n) is 5.61. The Morgan fingerprint density at radius 3 is 2.07 bits per heavy atom. The van der Waals surface area contributed by atoms with E-state index in [1.165, 1.54) is 6.07 Å². The molecule has 4 N–H and O–H groups in total. The van der Waals surface area contributed by atoms with Crippen molar-refractivity contribution in [3.63, 3.8) is 0 Å². The minimum Gasteiger partial charge on any atom is -0.382 e. The normalized spacial score (nSPS) is 12.0. The van der Waals surface area contributed by atoms with E-state index in [1.54, 1.807) is 36.4 Å². The highest BCUT2D eigenvalue weighted by atomic mass is 35.5.